The van der Waals surface area contributed by atoms with E-state index < -0.39 is 0 Å². The van der Waals surface area contributed by atoms with E-state index in [-0.39, 0.29) is 17.6 Å². The molecule has 0 atom stereocenters. The third-order valence-electron chi connectivity index (χ3n) is 4.79. The zero-order valence-corrected chi connectivity index (χ0v) is 17.4. The number of rotatable bonds is 6. The number of benzene rings is 2. The molecule has 0 saturated heterocycles. The molecule has 10 heteroatoms. The Morgan fingerprint density at radius 1 is 1.03 bits per heavy atom. The summed E-state index contributed by atoms with van der Waals surface area (Å²) < 4.78 is 8.33. The molecule has 3 aromatic heterocycles. The SMILES string of the molecule is CSc1ccc(-c2noc(Cn3cnc4c(nnn4Cc4ccccc4)c3=O)n2)cc1. The van der Waals surface area contributed by atoms with E-state index in [0.29, 0.717) is 23.9 Å². The summed E-state index contributed by atoms with van der Waals surface area (Å²) in [5, 5.41) is 12.1. The second-order valence-electron chi connectivity index (χ2n) is 6.82. The predicted molar refractivity (Wildman–Crippen MR) is 116 cm³/mol. The molecule has 0 aliphatic heterocycles. The quantitative estimate of drug-likeness (QED) is 0.378. The zero-order chi connectivity index (χ0) is 21.2. The summed E-state index contributed by atoms with van der Waals surface area (Å²) in [5.41, 5.74) is 2.21. The lowest BCUT2D eigenvalue weighted by molar-refractivity contribution is 0.369. The Morgan fingerprint density at radius 2 is 1.84 bits per heavy atom. The van der Waals surface area contributed by atoms with Crippen LogP contribution in [-0.4, -0.2) is 40.9 Å². The van der Waals surface area contributed by atoms with E-state index in [4.69, 9.17) is 4.52 Å². The van der Waals surface area contributed by atoms with Crippen molar-refractivity contribution in [2.24, 2.45) is 0 Å². The van der Waals surface area contributed by atoms with Crippen molar-refractivity contribution in [2.75, 3.05) is 6.26 Å². The van der Waals surface area contributed by atoms with Gasteiger partial charge >= 0.3 is 0 Å². The van der Waals surface area contributed by atoms with Crippen LogP contribution in [0.2, 0.25) is 0 Å². The summed E-state index contributed by atoms with van der Waals surface area (Å²) in [6, 6.07) is 17.7. The number of aromatic nitrogens is 7. The van der Waals surface area contributed by atoms with Crippen LogP contribution in [0.4, 0.5) is 0 Å². The minimum atomic E-state index is -0.312. The molecule has 5 aromatic rings. The second-order valence-corrected chi connectivity index (χ2v) is 7.70. The number of hydrogen-bond donors (Lipinski definition) is 0. The van der Waals surface area contributed by atoms with Crippen LogP contribution in [0.15, 0.2) is 75.1 Å². The monoisotopic (exact) mass is 431 g/mol. The topological polar surface area (TPSA) is 105 Å². The molecule has 0 radical (unpaired) electrons. The van der Waals surface area contributed by atoms with Crippen LogP contribution in [0, 0.1) is 0 Å². The molecule has 0 spiro atoms. The molecule has 9 nitrogen and oxygen atoms in total. The van der Waals surface area contributed by atoms with Crippen molar-refractivity contribution in [1.82, 2.24) is 34.7 Å². The van der Waals surface area contributed by atoms with Crippen LogP contribution in [0.3, 0.4) is 0 Å². The van der Waals surface area contributed by atoms with Crippen molar-refractivity contribution in [1.29, 1.82) is 0 Å². The lowest BCUT2D eigenvalue weighted by Crippen LogP contribution is -2.21. The van der Waals surface area contributed by atoms with Gasteiger partial charge in [-0.05, 0) is 36.1 Å². The first-order valence-corrected chi connectivity index (χ1v) is 10.7. The van der Waals surface area contributed by atoms with Gasteiger partial charge in [-0.15, -0.1) is 16.9 Å². The zero-order valence-electron chi connectivity index (χ0n) is 16.5. The van der Waals surface area contributed by atoms with E-state index >= 15 is 0 Å². The molecule has 0 unspecified atom stereocenters. The lowest BCUT2D eigenvalue weighted by atomic mass is 10.2. The van der Waals surface area contributed by atoms with Crippen molar-refractivity contribution in [3.8, 4) is 11.4 Å². The number of thioether (sulfide) groups is 1. The Kier molecular flexibility index (Phi) is 5.04. The highest BCUT2D eigenvalue weighted by Crippen LogP contribution is 2.21. The second kappa shape index (κ2) is 8.15. The number of hydrogen-bond acceptors (Lipinski definition) is 8. The fraction of sp³-hybridized carbons (Fsp3) is 0.143. The van der Waals surface area contributed by atoms with Crippen molar-refractivity contribution < 1.29 is 4.52 Å². The normalized spacial score (nSPS) is 11.3. The fourth-order valence-electron chi connectivity index (χ4n) is 3.18. The van der Waals surface area contributed by atoms with E-state index in [9.17, 15) is 4.79 Å². The summed E-state index contributed by atoms with van der Waals surface area (Å²) in [7, 11) is 0. The van der Waals surface area contributed by atoms with Crippen molar-refractivity contribution >= 4 is 22.9 Å². The summed E-state index contributed by atoms with van der Waals surface area (Å²) in [6.07, 6.45) is 3.47. The molecule has 0 aliphatic carbocycles. The van der Waals surface area contributed by atoms with Crippen LogP contribution >= 0.6 is 11.8 Å². The highest BCUT2D eigenvalue weighted by atomic mass is 32.2. The fourth-order valence-corrected chi connectivity index (χ4v) is 3.59. The summed E-state index contributed by atoms with van der Waals surface area (Å²) in [5.74, 6) is 0.780. The molecular formula is C21H17N7O2S. The van der Waals surface area contributed by atoms with Crippen LogP contribution < -0.4 is 5.56 Å². The lowest BCUT2D eigenvalue weighted by Gasteiger charge is -2.03. The Morgan fingerprint density at radius 3 is 2.61 bits per heavy atom. The minimum Gasteiger partial charge on any atom is -0.337 e. The van der Waals surface area contributed by atoms with Gasteiger partial charge in [-0.2, -0.15) is 4.98 Å². The van der Waals surface area contributed by atoms with Crippen LogP contribution in [0.5, 0.6) is 0 Å². The Balaban J connectivity index is 1.39. The van der Waals surface area contributed by atoms with E-state index in [0.717, 1.165) is 16.0 Å². The number of nitrogens with zero attached hydrogens (tertiary/aromatic N) is 7. The molecule has 0 amide bonds. The van der Waals surface area contributed by atoms with Gasteiger partial charge in [0.2, 0.25) is 11.7 Å². The molecule has 3 heterocycles. The summed E-state index contributed by atoms with van der Waals surface area (Å²) in [4.78, 5) is 22.8. The minimum absolute atomic E-state index is 0.100. The van der Waals surface area contributed by atoms with Crippen LogP contribution in [-0.2, 0) is 13.1 Å². The highest BCUT2D eigenvalue weighted by molar-refractivity contribution is 7.98. The van der Waals surface area contributed by atoms with Crippen molar-refractivity contribution in [2.45, 2.75) is 18.0 Å². The average molecular weight is 431 g/mol. The van der Waals surface area contributed by atoms with Gasteiger partial charge in [0, 0.05) is 10.5 Å². The first-order chi connectivity index (χ1) is 15.2. The molecule has 31 heavy (non-hydrogen) atoms. The molecule has 0 fully saturated rings. The largest absolute Gasteiger partial charge is 0.337 e. The predicted octanol–water partition coefficient (Wildman–Crippen LogP) is 2.86. The first kappa shape index (κ1) is 19.2. The van der Waals surface area contributed by atoms with Gasteiger partial charge < -0.3 is 4.52 Å². The smallest absolute Gasteiger partial charge is 0.283 e. The highest BCUT2D eigenvalue weighted by Gasteiger charge is 2.15. The van der Waals surface area contributed by atoms with Crippen LogP contribution in [0.1, 0.15) is 11.5 Å². The van der Waals surface area contributed by atoms with Gasteiger partial charge in [0.25, 0.3) is 5.56 Å². The summed E-state index contributed by atoms with van der Waals surface area (Å²) in [6.45, 7) is 0.583. The van der Waals surface area contributed by atoms with Gasteiger partial charge in [-0.1, -0.05) is 40.7 Å². The van der Waals surface area contributed by atoms with Crippen molar-refractivity contribution in [3.05, 3.63) is 82.7 Å². The average Bonchev–Trinajstić information content (AvgIpc) is 3.44. The van der Waals surface area contributed by atoms with Gasteiger partial charge in [-0.3, -0.25) is 9.36 Å². The van der Waals surface area contributed by atoms with Gasteiger partial charge in [0.1, 0.15) is 12.9 Å². The van der Waals surface area contributed by atoms with Crippen LogP contribution in [0.25, 0.3) is 22.6 Å². The van der Waals surface area contributed by atoms with Gasteiger partial charge in [0.05, 0.1) is 6.54 Å². The maximum atomic E-state index is 12.9. The van der Waals surface area contributed by atoms with E-state index in [2.05, 4.69) is 25.4 Å². The molecule has 0 N–H and O–H groups in total. The third kappa shape index (κ3) is 3.84. The standard InChI is InChI=1S/C21H17N7O2S/c1-31-16-9-7-15(8-10-16)19-23-17(30-25-19)12-27-13-22-20-18(21(27)29)24-26-28(20)11-14-5-3-2-4-6-14/h2-10,13H,11-12H2,1H3. The maximum Gasteiger partial charge on any atom is 0.283 e. The molecule has 0 bridgehead atoms. The molecule has 2 aromatic carbocycles. The van der Waals surface area contributed by atoms with Gasteiger partial charge in [0.15, 0.2) is 11.2 Å². The van der Waals surface area contributed by atoms with Crippen molar-refractivity contribution in [3.63, 3.8) is 0 Å². The first-order valence-electron chi connectivity index (χ1n) is 9.51. The Labute approximate surface area is 180 Å². The van der Waals surface area contributed by atoms with E-state index in [1.807, 2.05) is 60.9 Å². The molecule has 154 valence electrons. The van der Waals surface area contributed by atoms with E-state index in [1.54, 1.807) is 16.4 Å². The summed E-state index contributed by atoms with van der Waals surface area (Å²) >= 11 is 1.66. The Hall–Kier alpha value is -3.79. The van der Waals surface area contributed by atoms with Gasteiger partial charge in [-0.25, -0.2) is 9.67 Å². The third-order valence-corrected chi connectivity index (χ3v) is 5.53. The van der Waals surface area contributed by atoms with E-state index in [1.165, 1.54) is 10.9 Å². The number of fused-ring (bicyclic) bond motifs is 1. The Bertz CT molecular complexity index is 1390. The maximum absolute atomic E-state index is 12.9. The molecule has 5 rings (SSSR count). The molecular weight excluding hydrogens is 414 g/mol. The molecule has 0 aliphatic rings. The molecule has 0 saturated carbocycles.